The van der Waals surface area contributed by atoms with Gasteiger partial charge in [0.25, 0.3) is 0 Å². The predicted molar refractivity (Wildman–Crippen MR) is 116 cm³/mol. The van der Waals surface area contributed by atoms with Crippen LogP contribution in [0, 0.1) is 0 Å². The van der Waals surface area contributed by atoms with Gasteiger partial charge in [-0.25, -0.2) is 14.8 Å². The minimum Gasteiger partial charge on any atom is -0.479 e. The van der Waals surface area contributed by atoms with Crippen LogP contribution in [0.1, 0.15) is 13.8 Å². The minimum atomic E-state index is -0.698. The first kappa shape index (κ1) is 21.4. The number of fused-ring (bicyclic) bond motifs is 1. The number of anilines is 2. The van der Waals surface area contributed by atoms with E-state index in [1.807, 2.05) is 19.2 Å². The van der Waals surface area contributed by atoms with Crippen LogP contribution in [0.2, 0.25) is 15.2 Å². The first-order valence-electron chi connectivity index (χ1n) is 8.79. The number of esters is 1. The molecule has 0 aliphatic carbocycles. The third-order valence-corrected chi connectivity index (χ3v) is 5.10. The fourth-order valence-corrected chi connectivity index (χ4v) is 3.19. The van der Waals surface area contributed by atoms with Gasteiger partial charge in [0.2, 0.25) is 0 Å². The predicted octanol–water partition coefficient (Wildman–Crippen LogP) is 5.69. The second-order valence-corrected chi connectivity index (χ2v) is 7.33. The Hall–Kier alpha value is -2.28. The molecule has 0 aliphatic heterocycles. The number of benzene rings is 2. The number of halogens is 3. The Morgan fingerprint density at radius 3 is 2.24 bits per heavy atom. The zero-order chi connectivity index (χ0) is 21.1. The maximum absolute atomic E-state index is 11.7. The molecule has 3 aromatic rings. The molecule has 0 radical (unpaired) electrons. The largest absolute Gasteiger partial charge is 0.479 e. The molecule has 0 saturated heterocycles. The second-order valence-electron chi connectivity index (χ2n) is 6.16. The number of aromatic nitrogens is 2. The summed E-state index contributed by atoms with van der Waals surface area (Å²) in [4.78, 5) is 22.4. The lowest BCUT2D eigenvalue weighted by atomic mass is 10.2. The second kappa shape index (κ2) is 9.03. The summed E-state index contributed by atoms with van der Waals surface area (Å²) in [5.74, 6) is 0.594. The lowest BCUT2D eigenvalue weighted by Crippen LogP contribution is -2.26. The molecule has 0 N–H and O–H groups in total. The average Bonchev–Trinajstić information content (AvgIpc) is 2.69. The van der Waals surface area contributed by atoms with Crippen molar-refractivity contribution in [2.24, 2.45) is 0 Å². The van der Waals surface area contributed by atoms with E-state index >= 15 is 0 Å². The number of nitrogens with zero attached hydrogens (tertiary/aromatic N) is 3. The van der Waals surface area contributed by atoms with Crippen molar-refractivity contribution >= 4 is 63.3 Å². The van der Waals surface area contributed by atoms with Crippen molar-refractivity contribution in [1.29, 1.82) is 0 Å². The Kier molecular flexibility index (Phi) is 6.67. The van der Waals surface area contributed by atoms with E-state index in [1.54, 1.807) is 43.0 Å². The van der Waals surface area contributed by atoms with Crippen molar-refractivity contribution in [1.82, 2.24) is 9.97 Å². The summed E-state index contributed by atoms with van der Waals surface area (Å²) in [6.07, 6.45) is -0.698. The van der Waals surface area contributed by atoms with Crippen molar-refractivity contribution in [2.45, 2.75) is 20.0 Å². The Bertz CT molecular complexity index is 1040. The van der Waals surface area contributed by atoms with Crippen molar-refractivity contribution in [3.63, 3.8) is 0 Å². The molecular weight excluding hydrogens is 437 g/mol. The lowest BCUT2D eigenvalue weighted by molar-refractivity contribution is -0.150. The van der Waals surface area contributed by atoms with Gasteiger partial charge in [-0.2, -0.15) is 0 Å². The molecule has 3 rings (SSSR count). The molecule has 1 aromatic heterocycles. The van der Waals surface area contributed by atoms with Crippen LogP contribution in [0.25, 0.3) is 11.0 Å². The number of rotatable bonds is 6. The van der Waals surface area contributed by atoms with E-state index in [2.05, 4.69) is 9.97 Å². The third-order valence-electron chi connectivity index (χ3n) is 4.12. The summed E-state index contributed by atoms with van der Waals surface area (Å²) in [6.45, 7) is 3.69. The van der Waals surface area contributed by atoms with Crippen LogP contribution in [-0.4, -0.2) is 35.7 Å². The molecule has 1 atom stereocenters. The standard InChI is InChI=1S/C20H18Cl3N3O3/c1-4-28-20(27)11(2)29-13-7-5-12(6-8-13)26(3)19-18(23)24-16-9-14(21)15(22)10-17(16)25-19/h5-11H,4H2,1-3H3. The van der Waals surface area contributed by atoms with Gasteiger partial charge < -0.3 is 14.4 Å². The Morgan fingerprint density at radius 2 is 1.66 bits per heavy atom. The first-order valence-corrected chi connectivity index (χ1v) is 9.93. The highest BCUT2D eigenvalue weighted by Crippen LogP contribution is 2.33. The normalized spacial score (nSPS) is 11.9. The number of carbonyl (C=O) groups is 1. The average molecular weight is 455 g/mol. The van der Waals surface area contributed by atoms with Crippen LogP contribution in [0.4, 0.5) is 11.5 Å². The monoisotopic (exact) mass is 453 g/mol. The van der Waals surface area contributed by atoms with Gasteiger partial charge >= 0.3 is 5.97 Å². The SMILES string of the molecule is CCOC(=O)C(C)Oc1ccc(N(C)c2nc3cc(Cl)c(Cl)cc3nc2Cl)cc1. The van der Waals surface area contributed by atoms with E-state index in [-0.39, 0.29) is 5.15 Å². The summed E-state index contributed by atoms with van der Waals surface area (Å²) in [7, 11) is 1.82. The van der Waals surface area contributed by atoms with Crippen LogP contribution in [0.15, 0.2) is 36.4 Å². The number of hydrogen-bond donors (Lipinski definition) is 0. The summed E-state index contributed by atoms with van der Waals surface area (Å²) >= 11 is 18.5. The molecule has 0 fully saturated rings. The van der Waals surface area contributed by atoms with Crippen LogP contribution in [-0.2, 0) is 9.53 Å². The van der Waals surface area contributed by atoms with Gasteiger partial charge in [-0.05, 0) is 50.2 Å². The summed E-state index contributed by atoms with van der Waals surface area (Å²) in [5, 5.41) is 1.01. The van der Waals surface area contributed by atoms with Crippen molar-refractivity contribution in [3.8, 4) is 5.75 Å². The zero-order valence-corrected chi connectivity index (χ0v) is 18.2. The highest BCUT2D eigenvalue weighted by molar-refractivity contribution is 6.42. The maximum atomic E-state index is 11.7. The van der Waals surface area contributed by atoms with Gasteiger partial charge in [-0.3, -0.25) is 0 Å². The molecule has 9 heteroatoms. The molecule has 152 valence electrons. The van der Waals surface area contributed by atoms with Crippen molar-refractivity contribution in [3.05, 3.63) is 51.6 Å². The van der Waals surface area contributed by atoms with Gasteiger partial charge in [-0.15, -0.1) is 0 Å². The highest BCUT2D eigenvalue weighted by Gasteiger charge is 2.17. The third kappa shape index (κ3) is 4.83. The molecular formula is C20H18Cl3N3O3. The number of hydrogen-bond acceptors (Lipinski definition) is 6. The molecule has 0 amide bonds. The first-order chi connectivity index (χ1) is 13.8. The molecule has 29 heavy (non-hydrogen) atoms. The maximum Gasteiger partial charge on any atom is 0.347 e. The van der Waals surface area contributed by atoms with Crippen molar-refractivity contribution < 1.29 is 14.3 Å². The summed E-state index contributed by atoms with van der Waals surface area (Å²) in [5.41, 5.74) is 1.93. The summed E-state index contributed by atoms with van der Waals surface area (Å²) in [6, 6.07) is 10.4. The Morgan fingerprint density at radius 1 is 1.07 bits per heavy atom. The quantitative estimate of drug-likeness (QED) is 0.446. The van der Waals surface area contributed by atoms with Gasteiger partial charge in [-0.1, -0.05) is 34.8 Å². The molecule has 0 aliphatic rings. The molecule has 0 spiro atoms. The fraction of sp³-hybridized carbons (Fsp3) is 0.250. The number of carbonyl (C=O) groups excluding carboxylic acids is 1. The molecule has 2 aromatic carbocycles. The van der Waals surface area contributed by atoms with Crippen LogP contribution < -0.4 is 9.64 Å². The highest BCUT2D eigenvalue weighted by atomic mass is 35.5. The lowest BCUT2D eigenvalue weighted by Gasteiger charge is -2.20. The van der Waals surface area contributed by atoms with Crippen molar-refractivity contribution in [2.75, 3.05) is 18.6 Å². The van der Waals surface area contributed by atoms with E-state index in [0.29, 0.717) is 39.3 Å². The van der Waals surface area contributed by atoms with E-state index in [0.717, 1.165) is 5.69 Å². The molecule has 0 bridgehead atoms. The Balaban J connectivity index is 1.83. The van der Waals surface area contributed by atoms with Crippen LogP contribution >= 0.6 is 34.8 Å². The van der Waals surface area contributed by atoms with E-state index in [4.69, 9.17) is 44.3 Å². The van der Waals surface area contributed by atoms with Crippen LogP contribution in [0.5, 0.6) is 5.75 Å². The van der Waals surface area contributed by atoms with Gasteiger partial charge in [0.1, 0.15) is 5.75 Å². The fourth-order valence-electron chi connectivity index (χ4n) is 2.62. The number of ether oxygens (including phenoxy) is 2. The topological polar surface area (TPSA) is 64.6 Å². The molecule has 1 unspecified atom stereocenters. The van der Waals surface area contributed by atoms with E-state index < -0.39 is 12.1 Å². The smallest absolute Gasteiger partial charge is 0.347 e. The Labute approximate surface area is 183 Å². The van der Waals surface area contributed by atoms with E-state index in [9.17, 15) is 4.79 Å². The van der Waals surface area contributed by atoms with Gasteiger partial charge in [0.15, 0.2) is 17.1 Å². The van der Waals surface area contributed by atoms with Gasteiger partial charge in [0, 0.05) is 12.7 Å². The van der Waals surface area contributed by atoms with Crippen LogP contribution in [0.3, 0.4) is 0 Å². The molecule has 0 saturated carbocycles. The molecule has 1 heterocycles. The van der Waals surface area contributed by atoms with E-state index in [1.165, 1.54) is 0 Å². The summed E-state index contributed by atoms with van der Waals surface area (Å²) < 4.78 is 10.5. The van der Waals surface area contributed by atoms with Gasteiger partial charge in [0.05, 0.1) is 27.7 Å². The minimum absolute atomic E-state index is 0.231. The zero-order valence-electron chi connectivity index (χ0n) is 15.9. The molecule has 6 nitrogen and oxygen atoms in total.